The lowest BCUT2D eigenvalue weighted by Gasteiger charge is -2.26. The van der Waals surface area contributed by atoms with E-state index in [1.165, 1.54) is 43.0 Å². The molecule has 0 fully saturated rings. The monoisotopic (exact) mass is 706 g/mol. The van der Waals surface area contributed by atoms with Crippen molar-refractivity contribution in [2.24, 2.45) is 0 Å². The average Bonchev–Trinajstić information content (AvgIpc) is 3.02. The van der Waals surface area contributed by atoms with Crippen molar-refractivity contribution in [3.05, 3.63) is 58.1 Å². The summed E-state index contributed by atoms with van der Waals surface area (Å²) in [4.78, 5) is 85.9. The van der Waals surface area contributed by atoms with Crippen LogP contribution in [0.1, 0.15) is 61.0 Å². The number of benzene rings is 2. The third-order valence-electron chi connectivity index (χ3n) is 7.09. The van der Waals surface area contributed by atoms with Gasteiger partial charge in [0.1, 0.15) is 12.1 Å². The van der Waals surface area contributed by atoms with Gasteiger partial charge in [0, 0.05) is 31.3 Å². The minimum atomic E-state index is -1.82. The molecule has 14 nitrogen and oxygen atoms in total. The smallest absolute Gasteiger partial charge is 0.395 e. The molecule has 0 aliphatic carbocycles. The minimum absolute atomic E-state index is 0.0259. The summed E-state index contributed by atoms with van der Waals surface area (Å²) in [5.41, 5.74) is 0.524. The first kappa shape index (κ1) is 39.5. The molecule has 6 N–H and O–H groups in total. The van der Waals surface area contributed by atoms with E-state index in [1.807, 2.05) is 6.26 Å². The van der Waals surface area contributed by atoms with Crippen LogP contribution in [0.3, 0.4) is 0 Å². The number of hydrogen-bond acceptors (Lipinski definition) is 8. The topological polar surface area (TPSA) is 220 Å². The molecular weight excluding hydrogens is 668 g/mol. The maximum atomic E-state index is 13.1. The van der Waals surface area contributed by atoms with E-state index in [0.29, 0.717) is 36.1 Å². The summed E-state index contributed by atoms with van der Waals surface area (Å²) in [6, 6.07) is 6.28. The third kappa shape index (κ3) is 11.9. The fourth-order valence-electron chi connectivity index (χ4n) is 4.78. The zero-order chi connectivity index (χ0) is 36.0. The van der Waals surface area contributed by atoms with E-state index in [1.54, 1.807) is 13.0 Å². The number of amides is 4. The molecule has 2 aromatic carbocycles. The van der Waals surface area contributed by atoms with Crippen molar-refractivity contribution >= 4 is 76.3 Å². The van der Waals surface area contributed by atoms with Gasteiger partial charge in [0.2, 0.25) is 17.7 Å². The highest BCUT2D eigenvalue weighted by molar-refractivity contribution is 7.98. The molecule has 0 aromatic heterocycles. The molecule has 0 heterocycles. The van der Waals surface area contributed by atoms with E-state index in [-0.39, 0.29) is 47.8 Å². The molecule has 0 radical (unpaired) electrons. The van der Waals surface area contributed by atoms with Crippen LogP contribution >= 0.6 is 23.4 Å². The molecule has 0 spiro atoms. The van der Waals surface area contributed by atoms with E-state index in [2.05, 4.69) is 16.0 Å². The molecule has 2 rings (SSSR count). The van der Waals surface area contributed by atoms with Gasteiger partial charge in [0.15, 0.2) is 0 Å². The number of aromatic carboxylic acids is 1. The molecule has 260 valence electrons. The van der Waals surface area contributed by atoms with Gasteiger partial charge in [0.05, 0.1) is 16.9 Å². The molecule has 2 atom stereocenters. The number of aryl methyl sites for hydroxylation is 1. The van der Waals surface area contributed by atoms with Crippen molar-refractivity contribution in [3.8, 4) is 0 Å². The van der Waals surface area contributed by atoms with Crippen LogP contribution in [-0.4, -0.2) is 87.5 Å². The molecule has 0 saturated carbocycles. The highest BCUT2D eigenvalue weighted by Gasteiger charge is 2.30. The Hall–Kier alpha value is -4.63. The normalized spacial score (nSPS) is 11.9. The first-order valence-electron chi connectivity index (χ1n) is 15.0. The Morgan fingerprint density at radius 2 is 1.62 bits per heavy atom. The van der Waals surface area contributed by atoms with Gasteiger partial charge in [-0.05, 0) is 73.1 Å². The number of carbonyl (C=O) groups excluding carboxylic acids is 4. The number of carboxylic acids is 3. The first-order valence-corrected chi connectivity index (χ1v) is 16.7. The van der Waals surface area contributed by atoms with E-state index < -0.39 is 53.6 Å². The van der Waals surface area contributed by atoms with Crippen molar-refractivity contribution in [1.82, 2.24) is 16.0 Å². The zero-order valence-electron chi connectivity index (χ0n) is 26.7. The third-order valence-corrected chi connectivity index (χ3v) is 7.97. The largest absolute Gasteiger partial charge is 0.480 e. The van der Waals surface area contributed by atoms with E-state index >= 15 is 0 Å². The number of hydrogen-bond donors (Lipinski definition) is 6. The molecule has 16 heteroatoms. The average molecular weight is 707 g/mol. The zero-order valence-corrected chi connectivity index (χ0v) is 28.3. The lowest BCUT2D eigenvalue weighted by molar-refractivity contribution is -0.148. The second-order valence-electron chi connectivity index (χ2n) is 10.7. The number of carboxylic acid groups (broad SMARTS) is 3. The van der Waals surface area contributed by atoms with E-state index in [9.17, 15) is 48.9 Å². The van der Waals surface area contributed by atoms with Gasteiger partial charge in [-0.25, -0.2) is 14.4 Å². The predicted octanol–water partition coefficient (Wildman–Crippen LogP) is 3.01. The second-order valence-corrected chi connectivity index (χ2v) is 12.1. The van der Waals surface area contributed by atoms with Crippen LogP contribution in [0.2, 0.25) is 5.02 Å². The highest BCUT2D eigenvalue weighted by atomic mass is 35.5. The number of aliphatic carboxylic acids is 2. The standard InChI is InChI=1S/C32H39ClN4O10S/c1-4-20-15-19(8-11-25(20)37(29(41)32(46)47)26-17-21(33)9-10-22(26)30(42)43)16-24(35-18(2)38)28(40)34-13-6-5-7-27(39)36-23(31(44)45)12-14-48-3/h8-11,15,17,23-24H,4-7,12-14,16H2,1-3H3,(H,34,40)(H,35,38)(H,36,39)(H,42,43)(H,44,45)(H,46,47). The molecule has 0 aliphatic rings. The minimum Gasteiger partial charge on any atom is -0.480 e. The SMILES string of the molecule is CCc1cc(CC(NC(C)=O)C(=O)NCCCCC(=O)NC(CCSC)C(=O)O)ccc1N(C(=O)C(=O)O)c1cc(Cl)ccc1C(=O)O. The van der Waals surface area contributed by atoms with Crippen LogP contribution in [-0.2, 0) is 41.6 Å². The summed E-state index contributed by atoms with van der Waals surface area (Å²) in [6.45, 7) is 3.18. The van der Waals surface area contributed by atoms with Crippen LogP contribution in [0.25, 0.3) is 0 Å². The van der Waals surface area contributed by atoms with Gasteiger partial charge in [-0.3, -0.25) is 24.1 Å². The van der Waals surface area contributed by atoms with Gasteiger partial charge in [-0.1, -0.05) is 30.7 Å². The number of thioether (sulfide) groups is 1. The van der Waals surface area contributed by atoms with Gasteiger partial charge in [-0.2, -0.15) is 11.8 Å². The number of nitrogens with zero attached hydrogens (tertiary/aromatic N) is 1. The number of rotatable bonds is 18. The van der Waals surface area contributed by atoms with Crippen molar-refractivity contribution in [2.45, 2.75) is 64.5 Å². The first-order chi connectivity index (χ1) is 22.7. The lowest BCUT2D eigenvalue weighted by Crippen LogP contribution is -2.47. The Balaban J connectivity index is 2.19. The van der Waals surface area contributed by atoms with Crippen molar-refractivity contribution < 1.29 is 48.9 Å². The van der Waals surface area contributed by atoms with Crippen LogP contribution in [0, 0.1) is 0 Å². The molecule has 48 heavy (non-hydrogen) atoms. The Morgan fingerprint density at radius 3 is 2.21 bits per heavy atom. The number of carbonyl (C=O) groups is 7. The Bertz CT molecular complexity index is 1540. The summed E-state index contributed by atoms with van der Waals surface area (Å²) in [5.74, 6) is -6.51. The molecule has 4 amide bonds. The number of halogens is 1. The molecular formula is C32H39ClN4O10S. The Morgan fingerprint density at radius 1 is 0.917 bits per heavy atom. The number of nitrogens with one attached hydrogen (secondary N) is 3. The maximum absolute atomic E-state index is 13.1. The van der Waals surface area contributed by atoms with Gasteiger partial charge < -0.3 is 31.3 Å². The summed E-state index contributed by atoms with van der Waals surface area (Å²) >= 11 is 7.56. The van der Waals surface area contributed by atoms with Crippen LogP contribution < -0.4 is 20.9 Å². The molecule has 2 aromatic rings. The van der Waals surface area contributed by atoms with Gasteiger partial charge in [-0.15, -0.1) is 0 Å². The Labute approximate surface area is 286 Å². The van der Waals surface area contributed by atoms with Crippen LogP contribution in [0.4, 0.5) is 11.4 Å². The van der Waals surface area contributed by atoms with Crippen molar-refractivity contribution in [1.29, 1.82) is 0 Å². The molecule has 0 bridgehead atoms. The molecule has 2 unspecified atom stereocenters. The van der Waals surface area contributed by atoms with E-state index in [4.69, 9.17) is 11.6 Å². The summed E-state index contributed by atoms with van der Waals surface area (Å²) in [6.07, 6.45) is 3.33. The highest BCUT2D eigenvalue weighted by Crippen LogP contribution is 2.35. The van der Waals surface area contributed by atoms with Crippen molar-refractivity contribution in [3.63, 3.8) is 0 Å². The number of anilines is 2. The maximum Gasteiger partial charge on any atom is 0.395 e. The van der Waals surface area contributed by atoms with Crippen molar-refractivity contribution in [2.75, 3.05) is 23.5 Å². The predicted molar refractivity (Wildman–Crippen MR) is 180 cm³/mol. The molecule has 0 saturated heterocycles. The van der Waals surface area contributed by atoms with Gasteiger partial charge >= 0.3 is 23.8 Å². The van der Waals surface area contributed by atoms with E-state index in [0.717, 1.165) is 11.0 Å². The summed E-state index contributed by atoms with van der Waals surface area (Å²) < 4.78 is 0. The lowest BCUT2D eigenvalue weighted by atomic mass is 9.99. The quantitative estimate of drug-likeness (QED) is 0.0977. The fourth-order valence-corrected chi connectivity index (χ4v) is 5.42. The fraction of sp³-hybridized carbons (Fsp3) is 0.406. The van der Waals surface area contributed by atoms with Crippen LogP contribution in [0.15, 0.2) is 36.4 Å². The Kier molecular flexibility index (Phi) is 15.9. The number of unbranched alkanes of at least 4 members (excludes halogenated alkanes) is 1. The second kappa shape index (κ2) is 19.3. The summed E-state index contributed by atoms with van der Waals surface area (Å²) in [5, 5.41) is 36.5. The van der Waals surface area contributed by atoms with Crippen LogP contribution in [0.5, 0.6) is 0 Å². The summed E-state index contributed by atoms with van der Waals surface area (Å²) in [7, 11) is 0. The molecule has 0 aliphatic heterocycles. The van der Waals surface area contributed by atoms with Gasteiger partial charge in [0.25, 0.3) is 0 Å².